The SMILES string of the molecule is CCN1/C(=C(\O)c2ccc(-c3ccccc3)cc2)C(=O)c2ccccc2S1(=O)=O. The summed E-state index contributed by atoms with van der Waals surface area (Å²) in [7, 11) is -3.92. The number of hydrogen-bond acceptors (Lipinski definition) is 4. The van der Waals surface area contributed by atoms with Gasteiger partial charge in [-0.25, -0.2) is 8.42 Å². The second-order valence-electron chi connectivity index (χ2n) is 6.64. The summed E-state index contributed by atoms with van der Waals surface area (Å²) < 4.78 is 27.0. The van der Waals surface area contributed by atoms with Gasteiger partial charge in [-0.1, -0.05) is 66.7 Å². The molecule has 1 aliphatic heterocycles. The molecule has 0 saturated carbocycles. The molecule has 0 aromatic heterocycles. The van der Waals surface area contributed by atoms with Crippen molar-refractivity contribution in [1.29, 1.82) is 0 Å². The zero-order valence-electron chi connectivity index (χ0n) is 15.7. The number of sulfonamides is 1. The lowest BCUT2D eigenvalue weighted by Gasteiger charge is -2.30. The minimum Gasteiger partial charge on any atom is -0.505 e. The first-order chi connectivity index (χ1) is 13.9. The summed E-state index contributed by atoms with van der Waals surface area (Å²) in [6.07, 6.45) is 0. The Kier molecular flexibility index (Phi) is 4.72. The summed E-state index contributed by atoms with van der Waals surface area (Å²) in [6, 6.07) is 22.8. The highest BCUT2D eigenvalue weighted by Crippen LogP contribution is 2.35. The quantitative estimate of drug-likeness (QED) is 0.515. The maximum atomic E-state index is 13.1. The molecule has 6 heteroatoms. The van der Waals surface area contributed by atoms with Crippen LogP contribution in [0, 0.1) is 0 Å². The Morgan fingerprint density at radius 2 is 1.45 bits per heavy atom. The molecule has 0 atom stereocenters. The standard InChI is InChI=1S/C23H19NO4S/c1-2-24-21(23(26)19-10-6-7-11-20(19)29(24,27)28)22(25)18-14-12-17(13-15-18)16-8-4-3-5-9-16/h3-15,25H,2H2,1H3/b22-21-. The number of benzene rings is 3. The number of ketones is 1. The van der Waals surface area contributed by atoms with Gasteiger partial charge in [-0.05, 0) is 30.2 Å². The lowest BCUT2D eigenvalue weighted by molar-refractivity contribution is 0.0999. The van der Waals surface area contributed by atoms with Crippen molar-refractivity contribution >= 4 is 21.6 Å². The zero-order valence-corrected chi connectivity index (χ0v) is 16.6. The Labute approximate surface area is 169 Å². The second-order valence-corrected chi connectivity index (χ2v) is 8.47. The van der Waals surface area contributed by atoms with Crippen molar-refractivity contribution in [3.8, 4) is 11.1 Å². The highest BCUT2D eigenvalue weighted by Gasteiger charge is 2.40. The average molecular weight is 405 g/mol. The molecule has 1 aliphatic rings. The molecule has 3 aromatic rings. The van der Waals surface area contributed by atoms with Crippen molar-refractivity contribution < 1.29 is 18.3 Å². The van der Waals surface area contributed by atoms with E-state index in [2.05, 4.69) is 0 Å². The number of aliphatic hydroxyl groups excluding tert-OH is 1. The predicted octanol–water partition coefficient (Wildman–Crippen LogP) is 4.49. The summed E-state index contributed by atoms with van der Waals surface area (Å²) in [5, 5.41) is 10.9. The third-order valence-corrected chi connectivity index (χ3v) is 6.87. The van der Waals surface area contributed by atoms with Crippen LogP contribution in [-0.4, -0.2) is 30.2 Å². The Morgan fingerprint density at radius 3 is 2.10 bits per heavy atom. The van der Waals surface area contributed by atoms with Gasteiger partial charge in [0, 0.05) is 17.7 Å². The van der Waals surface area contributed by atoms with Crippen LogP contribution in [0.2, 0.25) is 0 Å². The molecule has 0 spiro atoms. The number of nitrogens with zero attached hydrogens (tertiary/aromatic N) is 1. The number of Topliss-reactive ketones (excluding diaryl/α,β-unsaturated/α-hetero) is 1. The number of carbonyl (C=O) groups excluding carboxylic acids is 1. The molecule has 0 bridgehead atoms. The van der Waals surface area contributed by atoms with Crippen molar-refractivity contribution in [2.24, 2.45) is 0 Å². The first-order valence-corrected chi connectivity index (χ1v) is 10.6. The van der Waals surface area contributed by atoms with Gasteiger partial charge in [-0.15, -0.1) is 0 Å². The molecule has 0 unspecified atom stereocenters. The first-order valence-electron chi connectivity index (χ1n) is 9.20. The summed E-state index contributed by atoms with van der Waals surface area (Å²) in [4.78, 5) is 13.0. The summed E-state index contributed by atoms with van der Waals surface area (Å²) in [5.74, 6) is -0.864. The molecule has 4 rings (SSSR count). The van der Waals surface area contributed by atoms with Gasteiger partial charge < -0.3 is 5.11 Å². The third-order valence-electron chi connectivity index (χ3n) is 4.94. The lowest BCUT2D eigenvalue weighted by Crippen LogP contribution is -2.39. The molecule has 0 saturated heterocycles. The van der Waals surface area contributed by atoms with E-state index >= 15 is 0 Å². The van der Waals surface area contributed by atoms with Crippen LogP contribution in [0.25, 0.3) is 16.9 Å². The third kappa shape index (κ3) is 3.11. The molecule has 146 valence electrons. The van der Waals surface area contributed by atoms with Crippen LogP contribution in [-0.2, 0) is 10.0 Å². The molecule has 0 amide bonds. The van der Waals surface area contributed by atoms with E-state index in [4.69, 9.17) is 0 Å². The Bertz CT molecular complexity index is 1210. The molecule has 29 heavy (non-hydrogen) atoms. The maximum Gasteiger partial charge on any atom is 0.265 e. The van der Waals surface area contributed by atoms with Crippen molar-refractivity contribution in [2.75, 3.05) is 6.54 Å². The molecular weight excluding hydrogens is 386 g/mol. The topological polar surface area (TPSA) is 74.7 Å². The average Bonchev–Trinajstić information content (AvgIpc) is 2.76. The molecule has 0 fully saturated rings. The van der Waals surface area contributed by atoms with Crippen LogP contribution in [0.1, 0.15) is 22.8 Å². The van der Waals surface area contributed by atoms with Gasteiger partial charge in [0.25, 0.3) is 10.0 Å². The fraction of sp³-hybridized carbons (Fsp3) is 0.0870. The predicted molar refractivity (Wildman–Crippen MR) is 112 cm³/mol. The maximum absolute atomic E-state index is 13.1. The van der Waals surface area contributed by atoms with Gasteiger partial charge >= 0.3 is 0 Å². The minimum atomic E-state index is -3.92. The molecule has 3 aromatic carbocycles. The van der Waals surface area contributed by atoms with E-state index in [0.29, 0.717) is 5.56 Å². The monoisotopic (exact) mass is 405 g/mol. The number of aliphatic hydroxyl groups is 1. The van der Waals surface area contributed by atoms with Crippen molar-refractivity contribution in [3.63, 3.8) is 0 Å². The molecule has 1 N–H and O–H groups in total. The molecular formula is C23H19NO4S. The first kappa shape index (κ1) is 19.0. The largest absolute Gasteiger partial charge is 0.505 e. The van der Waals surface area contributed by atoms with E-state index in [1.807, 2.05) is 42.5 Å². The van der Waals surface area contributed by atoms with Crippen molar-refractivity contribution in [3.05, 3.63) is 95.7 Å². The van der Waals surface area contributed by atoms with E-state index in [1.54, 1.807) is 31.2 Å². The van der Waals surface area contributed by atoms with Crippen LogP contribution in [0.4, 0.5) is 0 Å². The lowest BCUT2D eigenvalue weighted by atomic mass is 10.0. The van der Waals surface area contributed by atoms with Gasteiger partial charge in [0.1, 0.15) is 5.70 Å². The Balaban J connectivity index is 1.84. The summed E-state index contributed by atoms with van der Waals surface area (Å²) in [6.45, 7) is 1.66. The zero-order chi connectivity index (χ0) is 20.6. The van der Waals surface area contributed by atoms with Gasteiger partial charge in [-0.3, -0.25) is 9.10 Å². The van der Waals surface area contributed by atoms with Crippen LogP contribution >= 0.6 is 0 Å². The number of likely N-dealkylation sites (N-methyl/N-ethyl adjacent to an activating group) is 1. The van der Waals surface area contributed by atoms with Crippen LogP contribution in [0.5, 0.6) is 0 Å². The van der Waals surface area contributed by atoms with Gasteiger partial charge in [0.2, 0.25) is 5.78 Å². The molecule has 0 aliphatic carbocycles. The highest BCUT2D eigenvalue weighted by molar-refractivity contribution is 7.89. The van der Waals surface area contributed by atoms with Gasteiger partial charge in [0.05, 0.1) is 4.90 Å². The number of fused-ring (bicyclic) bond motifs is 1. The molecule has 5 nitrogen and oxygen atoms in total. The Hall–Kier alpha value is -3.38. The fourth-order valence-corrected chi connectivity index (χ4v) is 5.18. The number of carbonyl (C=O) groups is 1. The minimum absolute atomic E-state index is 0.0316. The number of allylic oxidation sites excluding steroid dienone is 1. The van der Waals surface area contributed by atoms with E-state index in [0.717, 1.165) is 15.4 Å². The number of hydrogen-bond donors (Lipinski definition) is 1. The fourth-order valence-electron chi connectivity index (χ4n) is 3.50. The van der Waals surface area contributed by atoms with E-state index < -0.39 is 15.8 Å². The number of rotatable bonds is 3. The van der Waals surface area contributed by atoms with Gasteiger partial charge in [0.15, 0.2) is 5.76 Å². The van der Waals surface area contributed by atoms with Crippen molar-refractivity contribution in [2.45, 2.75) is 11.8 Å². The van der Waals surface area contributed by atoms with E-state index in [1.165, 1.54) is 12.1 Å². The summed E-state index contributed by atoms with van der Waals surface area (Å²) >= 11 is 0. The Morgan fingerprint density at radius 1 is 0.862 bits per heavy atom. The van der Waals surface area contributed by atoms with Crippen LogP contribution in [0.15, 0.2) is 89.5 Å². The molecule has 0 radical (unpaired) electrons. The molecule has 1 heterocycles. The van der Waals surface area contributed by atoms with Crippen molar-refractivity contribution in [1.82, 2.24) is 4.31 Å². The highest BCUT2D eigenvalue weighted by atomic mass is 32.2. The second kappa shape index (κ2) is 7.22. The normalized spacial score (nSPS) is 17.0. The summed E-state index contributed by atoms with van der Waals surface area (Å²) in [5.41, 5.74) is 2.19. The van der Waals surface area contributed by atoms with E-state index in [9.17, 15) is 18.3 Å². The smallest absolute Gasteiger partial charge is 0.265 e. The van der Waals surface area contributed by atoms with Crippen LogP contribution in [0.3, 0.4) is 0 Å². The van der Waals surface area contributed by atoms with E-state index in [-0.39, 0.29) is 28.5 Å². The van der Waals surface area contributed by atoms with Gasteiger partial charge in [-0.2, -0.15) is 0 Å². The van der Waals surface area contributed by atoms with Crippen LogP contribution < -0.4 is 0 Å².